The molecule has 0 aliphatic rings. The monoisotopic (exact) mass is 429 g/mol. The number of methoxy groups -OCH3 is 1. The third-order valence-electron chi connectivity index (χ3n) is 5.33. The maximum absolute atomic E-state index is 12.6. The van der Waals surface area contributed by atoms with Crippen LogP contribution in [0.25, 0.3) is 22.1 Å². The Morgan fingerprint density at radius 2 is 1.62 bits per heavy atom. The van der Waals surface area contributed by atoms with Crippen molar-refractivity contribution in [1.82, 2.24) is 5.32 Å². The van der Waals surface area contributed by atoms with Crippen LogP contribution in [0.3, 0.4) is 0 Å². The zero-order valence-electron chi connectivity index (χ0n) is 17.8. The Morgan fingerprint density at radius 1 is 0.969 bits per heavy atom. The summed E-state index contributed by atoms with van der Waals surface area (Å²) in [5.74, 6) is -1.00. The van der Waals surface area contributed by atoms with E-state index >= 15 is 0 Å². The van der Waals surface area contributed by atoms with Crippen molar-refractivity contribution < 1.29 is 23.8 Å². The van der Waals surface area contributed by atoms with Crippen LogP contribution < -0.4 is 10.1 Å². The highest BCUT2D eigenvalue weighted by Crippen LogP contribution is 2.24. The second kappa shape index (κ2) is 8.98. The van der Waals surface area contributed by atoms with Gasteiger partial charge in [-0.05, 0) is 47.9 Å². The highest BCUT2D eigenvalue weighted by atomic mass is 16.5. The molecule has 1 amide bonds. The van der Waals surface area contributed by atoms with Gasteiger partial charge < -0.3 is 19.6 Å². The Hall–Kier alpha value is -4.06. The van der Waals surface area contributed by atoms with Crippen molar-refractivity contribution in [3.63, 3.8) is 0 Å². The van der Waals surface area contributed by atoms with Crippen molar-refractivity contribution in [3.05, 3.63) is 89.7 Å². The summed E-state index contributed by atoms with van der Waals surface area (Å²) in [7, 11) is 1.56. The molecule has 6 heteroatoms. The Bertz CT molecular complexity index is 1260. The first-order valence-corrected chi connectivity index (χ1v) is 10.2. The highest BCUT2D eigenvalue weighted by molar-refractivity contribution is 5.98. The van der Waals surface area contributed by atoms with Gasteiger partial charge in [0.2, 0.25) is 0 Å². The molecule has 0 saturated heterocycles. The number of amides is 1. The molecule has 0 spiro atoms. The predicted molar refractivity (Wildman–Crippen MR) is 122 cm³/mol. The molecule has 0 saturated carbocycles. The van der Waals surface area contributed by atoms with Crippen LogP contribution in [-0.2, 0) is 11.2 Å². The van der Waals surface area contributed by atoms with Gasteiger partial charge in [-0.1, -0.05) is 54.1 Å². The van der Waals surface area contributed by atoms with Crippen LogP contribution in [0, 0.1) is 6.92 Å². The van der Waals surface area contributed by atoms with E-state index < -0.39 is 17.9 Å². The Labute approximate surface area is 185 Å². The molecule has 0 fully saturated rings. The second-order valence-corrected chi connectivity index (χ2v) is 7.65. The molecule has 1 heterocycles. The summed E-state index contributed by atoms with van der Waals surface area (Å²) in [6.07, 6.45) is 0.156. The average molecular weight is 429 g/mol. The molecule has 0 aliphatic carbocycles. The van der Waals surface area contributed by atoms with E-state index in [-0.39, 0.29) is 12.2 Å². The van der Waals surface area contributed by atoms with Gasteiger partial charge in [0, 0.05) is 11.8 Å². The van der Waals surface area contributed by atoms with Crippen LogP contribution in [0.4, 0.5) is 0 Å². The third kappa shape index (κ3) is 4.64. The smallest absolute Gasteiger partial charge is 0.326 e. The molecule has 0 bridgehead atoms. The molecule has 4 aromatic rings. The zero-order chi connectivity index (χ0) is 22.7. The van der Waals surface area contributed by atoms with Crippen LogP contribution in [-0.4, -0.2) is 30.1 Å². The molecule has 4 rings (SSSR count). The van der Waals surface area contributed by atoms with E-state index in [1.165, 1.54) is 5.56 Å². The van der Waals surface area contributed by atoms with Crippen LogP contribution >= 0.6 is 0 Å². The number of furan rings is 1. The van der Waals surface area contributed by atoms with Crippen molar-refractivity contribution in [2.45, 2.75) is 19.4 Å². The number of rotatable bonds is 7. The number of aliphatic carboxylic acids is 1. The lowest BCUT2D eigenvalue weighted by Crippen LogP contribution is -2.42. The Balaban J connectivity index is 1.47. The normalized spacial score (nSPS) is 11.8. The predicted octanol–water partition coefficient (Wildman–Crippen LogP) is 4.84. The topological polar surface area (TPSA) is 88.8 Å². The van der Waals surface area contributed by atoms with Crippen molar-refractivity contribution in [3.8, 4) is 16.9 Å². The molecule has 3 aromatic carbocycles. The number of aryl methyl sites for hydroxylation is 1. The van der Waals surface area contributed by atoms with Crippen molar-refractivity contribution in [2.24, 2.45) is 0 Å². The van der Waals surface area contributed by atoms with Gasteiger partial charge in [0.05, 0.1) is 7.11 Å². The third-order valence-corrected chi connectivity index (χ3v) is 5.33. The van der Waals surface area contributed by atoms with E-state index in [1.807, 2.05) is 55.5 Å². The number of ether oxygens (including phenoxy) is 1. The summed E-state index contributed by atoms with van der Waals surface area (Å²) in [5.41, 5.74) is 4.65. The SMILES string of the molecule is COc1ccc2oc(C(=O)NC(Cc3ccc(-c4ccc(C)cc4)cc3)C(=O)O)cc2c1. The molecular formula is C26H23NO5. The summed E-state index contributed by atoms with van der Waals surface area (Å²) in [4.78, 5) is 24.4. The average Bonchev–Trinajstić information content (AvgIpc) is 3.23. The number of carboxylic acids is 1. The molecule has 1 aromatic heterocycles. The van der Waals surface area contributed by atoms with Crippen LogP contribution in [0.5, 0.6) is 5.75 Å². The number of fused-ring (bicyclic) bond motifs is 1. The number of hydrogen-bond acceptors (Lipinski definition) is 4. The van der Waals surface area contributed by atoms with Crippen molar-refractivity contribution in [2.75, 3.05) is 7.11 Å². The van der Waals surface area contributed by atoms with Gasteiger partial charge in [0.25, 0.3) is 5.91 Å². The first kappa shape index (κ1) is 21.2. The molecule has 0 aliphatic heterocycles. The molecule has 1 atom stereocenters. The molecule has 2 N–H and O–H groups in total. The van der Waals surface area contributed by atoms with Gasteiger partial charge in [-0.15, -0.1) is 0 Å². The summed E-state index contributed by atoms with van der Waals surface area (Å²) >= 11 is 0. The van der Waals surface area contributed by atoms with Gasteiger partial charge in [-0.25, -0.2) is 4.79 Å². The number of benzene rings is 3. The quantitative estimate of drug-likeness (QED) is 0.439. The van der Waals surface area contributed by atoms with Crippen LogP contribution in [0.2, 0.25) is 0 Å². The van der Waals surface area contributed by atoms with Gasteiger partial charge in [-0.2, -0.15) is 0 Å². The lowest BCUT2D eigenvalue weighted by atomic mass is 10.00. The lowest BCUT2D eigenvalue weighted by molar-refractivity contribution is -0.139. The maximum Gasteiger partial charge on any atom is 0.326 e. The first-order chi connectivity index (χ1) is 15.4. The highest BCUT2D eigenvalue weighted by Gasteiger charge is 2.23. The van der Waals surface area contributed by atoms with Crippen LogP contribution in [0.15, 0.2) is 77.2 Å². The van der Waals surface area contributed by atoms with Gasteiger partial charge in [0.15, 0.2) is 5.76 Å². The minimum atomic E-state index is -1.11. The molecule has 1 unspecified atom stereocenters. The number of carboxylic acid groups (broad SMARTS) is 1. The molecule has 32 heavy (non-hydrogen) atoms. The molecule has 162 valence electrons. The van der Waals surface area contributed by atoms with Gasteiger partial charge in [-0.3, -0.25) is 4.79 Å². The fourth-order valence-corrected chi connectivity index (χ4v) is 3.50. The summed E-state index contributed by atoms with van der Waals surface area (Å²) in [6.45, 7) is 2.04. The summed E-state index contributed by atoms with van der Waals surface area (Å²) in [6, 6.07) is 21.5. The Morgan fingerprint density at radius 3 is 2.25 bits per heavy atom. The van der Waals surface area contributed by atoms with E-state index in [9.17, 15) is 14.7 Å². The van der Waals surface area contributed by atoms with Crippen molar-refractivity contribution in [1.29, 1.82) is 0 Å². The zero-order valence-corrected chi connectivity index (χ0v) is 17.8. The first-order valence-electron chi connectivity index (χ1n) is 10.2. The summed E-state index contributed by atoms with van der Waals surface area (Å²) in [5, 5.41) is 12.9. The lowest BCUT2D eigenvalue weighted by Gasteiger charge is -2.14. The van der Waals surface area contributed by atoms with E-state index in [2.05, 4.69) is 5.32 Å². The fourth-order valence-electron chi connectivity index (χ4n) is 3.50. The van der Waals surface area contributed by atoms with Gasteiger partial charge >= 0.3 is 5.97 Å². The number of carbonyl (C=O) groups is 2. The van der Waals surface area contributed by atoms with Crippen molar-refractivity contribution >= 4 is 22.8 Å². The standard InChI is InChI=1S/C26H23NO5/c1-16-3-7-18(8-4-16)19-9-5-17(6-10-19)13-22(26(29)30)27-25(28)24-15-20-14-21(31-2)11-12-23(20)32-24/h3-12,14-15,22H,13H2,1-2H3,(H,27,28)(H,29,30). The number of nitrogens with one attached hydrogen (secondary N) is 1. The minimum absolute atomic E-state index is 0.0502. The van der Waals surface area contributed by atoms with E-state index in [0.717, 1.165) is 16.7 Å². The number of carbonyl (C=O) groups excluding carboxylic acids is 1. The summed E-state index contributed by atoms with van der Waals surface area (Å²) < 4.78 is 10.7. The van der Waals surface area contributed by atoms with Crippen LogP contribution in [0.1, 0.15) is 21.7 Å². The second-order valence-electron chi connectivity index (χ2n) is 7.65. The molecular weight excluding hydrogens is 406 g/mol. The fraction of sp³-hybridized carbons (Fsp3) is 0.154. The Kier molecular flexibility index (Phi) is 5.94. The van der Waals surface area contributed by atoms with E-state index in [1.54, 1.807) is 31.4 Å². The van der Waals surface area contributed by atoms with E-state index in [4.69, 9.17) is 9.15 Å². The van der Waals surface area contributed by atoms with Gasteiger partial charge in [0.1, 0.15) is 17.4 Å². The molecule has 0 radical (unpaired) electrons. The molecule has 6 nitrogen and oxygen atoms in total. The largest absolute Gasteiger partial charge is 0.497 e. The number of hydrogen-bond donors (Lipinski definition) is 2. The van der Waals surface area contributed by atoms with E-state index in [0.29, 0.717) is 16.7 Å². The minimum Gasteiger partial charge on any atom is -0.497 e. The maximum atomic E-state index is 12.6.